The number of aryl methyl sites for hydroxylation is 1. The monoisotopic (exact) mass is 320 g/mol. The summed E-state index contributed by atoms with van der Waals surface area (Å²) in [5, 5.41) is 0. The molecule has 0 atom stereocenters. The van der Waals surface area contributed by atoms with Crippen molar-refractivity contribution in [3.05, 3.63) is 65.7 Å². The molecule has 0 aliphatic heterocycles. The first-order valence-corrected chi connectivity index (χ1v) is 7.58. The van der Waals surface area contributed by atoms with Gasteiger partial charge in [-0.05, 0) is 43.0 Å². The summed E-state index contributed by atoms with van der Waals surface area (Å²) in [6.07, 6.45) is 4.79. The van der Waals surface area contributed by atoms with Crippen LogP contribution < -0.4 is 4.74 Å². The van der Waals surface area contributed by atoms with Gasteiger partial charge in [0.25, 0.3) is 0 Å². The van der Waals surface area contributed by atoms with Gasteiger partial charge in [0.1, 0.15) is 6.67 Å². The number of alkyl halides is 1. The fourth-order valence-corrected chi connectivity index (χ4v) is 2.30. The van der Waals surface area contributed by atoms with E-state index in [2.05, 4.69) is 0 Å². The van der Waals surface area contributed by atoms with E-state index in [0.717, 1.165) is 18.4 Å². The van der Waals surface area contributed by atoms with Crippen molar-refractivity contribution in [2.24, 2.45) is 0 Å². The van der Waals surface area contributed by atoms with Gasteiger partial charge in [0.15, 0.2) is 11.6 Å². The Morgan fingerprint density at radius 1 is 0.957 bits per heavy atom. The number of hydrogen-bond donors (Lipinski definition) is 0. The predicted octanol–water partition coefficient (Wildman–Crippen LogP) is 5.49. The highest BCUT2D eigenvalue weighted by Gasteiger charge is 2.15. The molecule has 0 heterocycles. The average molecular weight is 320 g/mol. The summed E-state index contributed by atoms with van der Waals surface area (Å²) in [4.78, 5) is 0. The second-order valence-corrected chi connectivity index (χ2v) is 5.03. The molecule has 0 saturated heterocycles. The minimum atomic E-state index is -0.968. The number of hydrogen-bond acceptors (Lipinski definition) is 1. The summed E-state index contributed by atoms with van der Waals surface area (Å²) in [5.74, 6) is -1.95. The number of benzene rings is 2. The molecular formula is C19H19F3O. The molecule has 2 aromatic carbocycles. The lowest BCUT2D eigenvalue weighted by atomic mass is 10.0. The van der Waals surface area contributed by atoms with Crippen molar-refractivity contribution in [1.29, 1.82) is 0 Å². The van der Waals surface area contributed by atoms with Crippen LogP contribution in [0.25, 0.3) is 11.1 Å². The van der Waals surface area contributed by atoms with Crippen LogP contribution in [0.1, 0.15) is 18.9 Å². The number of allylic oxidation sites excluding steroid dienone is 2. The molecule has 0 bridgehead atoms. The van der Waals surface area contributed by atoms with E-state index in [1.54, 1.807) is 25.1 Å². The molecule has 122 valence electrons. The molecule has 0 unspecified atom stereocenters. The molecular weight excluding hydrogens is 301 g/mol. The van der Waals surface area contributed by atoms with Gasteiger partial charge in [0.2, 0.25) is 5.82 Å². The average Bonchev–Trinajstić information content (AvgIpc) is 2.57. The standard InChI is InChI=1S/C19H19F3O/c1-2-23-17-12-11-16(18(21)19(17)22)15-9-7-14(8-10-15)6-4-3-5-13-20/h3,5,7-12H,2,4,6,13H2,1H3. The Kier molecular flexibility index (Phi) is 6.27. The second kappa shape index (κ2) is 8.42. The zero-order chi connectivity index (χ0) is 16.7. The van der Waals surface area contributed by atoms with Crippen LogP contribution in [-0.2, 0) is 6.42 Å². The van der Waals surface area contributed by atoms with Crippen molar-refractivity contribution in [3.63, 3.8) is 0 Å². The van der Waals surface area contributed by atoms with E-state index in [-0.39, 0.29) is 17.9 Å². The summed E-state index contributed by atoms with van der Waals surface area (Å²) < 4.78 is 45.1. The molecule has 0 aliphatic rings. The maximum absolute atomic E-state index is 14.2. The van der Waals surface area contributed by atoms with E-state index >= 15 is 0 Å². The quantitative estimate of drug-likeness (QED) is 0.613. The van der Waals surface area contributed by atoms with Gasteiger partial charge in [0, 0.05) is 5.56 Å². The highest BCUT2D eigenvalue weighted by molar-refractivity contribution is 5.65. The van der Waals surface area contributed by atoms with Crippen molar-refractivity contribution < 1.29 is 17.9 Å². The van der Waals surface area contributed by atoms with E-state index in [1.165, 1.54) is 18.2 Å². The second-order valence-electron chi connectivity index (χ2n) is 5.03. The van der Waals surface area contributed by atoms with Gasteiger partial charge in [-0.3, -0.25) is 0 Å². The van der Waals surface area contributed by atoms with E-state index in [1.807, 2.05) is 12.1 Å². The summed E-state index contributed by atoms with van der Waals surface area (Å²) in [5.41, 5.74) is 1.87. The smallest absolute Gasteiger partial charge is 0.201 e. The van der Waals surface area contributed by atoms with Gasteiger partial charge in [-0.15, -0.1) is 0 Å². The Morgan fingerprint density at radius 3 is 2.35 bits per heavy atom. The SMILES string of the molecule is CCOc1ccc(-c2ccc(CCC=CCF)cc2)c(F)c1F. The van der Waals surface area contributed by atoms with Crippen molar-refractivity contribution in [3.8, 4) is 16.9 Å². The first-order chi connectivity index (χ1) is 11.2. The van der Waals surface area contributed by atoms with Crippen LogP contribution in [0.2, 0.25) is 0 Å². The largest absolute Gasteiger partial charge is 0.491 e. The predicted molar refractivity (Wildman–Crippen MR) is 86.4 cm³/mol. The van der Waals surface area contributed by atoms with Gasteiger partial charge >= 0.3 is 0 Å². The third kappa shape index (κ3) is 4.38. The highest BCUT2D eigenvalue weighted by atomic mass is 19.2. The minimum absolute atomic E-state index is 0.0787. The molecule has 1 nitrogen and oxygen atoms in total. The molecule has 23 heavy (non-hydrogen) atoms. The van der Waals surface area contributed by atoms with Crippen molar-refractivity contribution in [2.45, 2.75) is 19.8 Å². The molecule has 0 aromatic heterocycles. The Balaban J connectivity index is 2.16. The topological polar surface area (TPSA) is 9.23 Å². The Bertz CT molecular complexity index is 663. The first-order valence-electron chi connectivity index (χ1n) is 7.58. The van der Waals surface area contributed by atoms with Gasteiger partial charge in [-0.1, -0.05) is 36.4 Å². The van der Waals surface area contributed by atoms with Crippen LogP contribution in [0.3, 0.4) is 0 Å². The van der Waals surface area contributed by atoms with E-state index in [0.29, 0.717) is 5.56 Å². The normalized spacial score (nSPS) is 11.1. The molecule has 2 aromatic rings. The maximum Gasteiger partial charge on any atom is 0.201 e. The lowest BCUT2D eigenvalue weighted by molar-refractivity contribution is 0.314. The number of ether oxygens (including phenoxy) is 1. The number of rotatable bonds is 7. The van der Waals surface area contributed by atoms with Crippen LogP contribution in [0, 0.1) is 11.6 Å². The zero-order valence-corrected chi connectivity index (χ0v) is 13.0. The Morgan fingerprint density at radius 2 is 1.70 bits per heavy atom. The van der Waals surface area contributed by atoms with E-state index in [9.17, 15) is 13.2 Å². The van der Waals surface area contributed by atoms with Gasteiger partial charge in [0.05, 0.1) is 6.61 Å². The zero-order valence-electron chi connectivity index (χ0n) is 13.0. The van der Waals surface area contributed by atoms with E-state index < -0.39 is 18.3 Å². The maximum atomic E-state index is 14.2. The Labute approximate surface area is 134 Å². The fourth-order valence-electron chi connectivity index (χ4n) is 2.30. The lowest BCUT2D eigenvalue weighted by Crippen LogP contribution is -1.98. The van der Waals surface area contributed by atoms with E-state index in [4.69, 9.17) is 4.74 Å². The summed E-state index contributed by atoms with van der Waals surface area (Å²) in [7, 11) is 0. The summed E-state index contributed by atoms with van der Waals surface area (Å²) >= 11 is 0. The van der Waals surface area contributed by atoms with Crippen LogP contribution in [0.4, 0.5) is 13.2 Å². The van der Waals surface area contributed by atoms with Gasteiger partial charge in [-0.25, -0.2) is 8.78 Å². The summed E-state index contributed by atoms with van der Waals surface area (Å²) in [6, 6.07) is 10.2. The first kappa shape index (κ1) is 17.1. The molecule has 0 aliphatic carbocycles. The van der Waals surface area contributed by atoms with Crippen molar-refractivity contribution >= 4 is 0 Å². The van der Waals surface area contributed by atoms with Crippen molar-refractivity contribution in [2.75, 3.05) is 13.3 Å². The highest BCUT2D eigenvalue weighted by Crippen LogP contribution is 2.30. The van der Waals surface area contributed by atoms with Gasteiger partial charge < -0.3 is 4.74 Å². The van der Waals surface area contributed by atoms with Crippen LogP contribution in [0.15, 0.2) is 48.6 Å². The van der Waals surface area contributed by atoms with Crippen LogP contribution >= 0.6 is 0 Å². The molecule has 2 rings (SSSR count). The third-order valence-corrected chi connectivity index (χ3v) is 3.47. The van der Waals surface area contributed by atoms with Gasteiger partial charge in [-0.2, -0.15) is 4.39 Å². The molecule has 0 spiro atoms. The number of halogens is 3. The molecule has 0 radical (unpaired) electrons. The van der Waals surface area contributed by atoms with Crippen LogP contribution in [0.5, 0.6) is 5.75 Å². The molecule has 4 heteroatoms. The molecule has 0 N–H and O–H groups in total. The fraction of sp³-hybridized carbons (Fsp3) is 0.263. The molecule has 0 saturated carbocycles. The van der Waals surface area contributed by atoms with Crippen molar-refractivity contribution in [1.82, 2.24) is 0 Å². The van der Waals surface area contributed by atoms with Crippen LogP contribution in [-0.4, -0.2) is 13.3 Å². The lowest BCUT2D eigenvalue weighted by Gasteiger charge is -2.09. The molecule has 0 fully saturated rings. The Hall–Kier alpha value is -2.23. The summed E-state index contributed by atoms with van der Waals surface area (Å²) in [6.45, 7) is 1.54. The molecule has 0 amide bonds. The third-order valence-electron chi connectivity index (χ3n) is 3.47. The minimum Gasteiger partial charge on any atom is -0.491 e.